The zero-order valence-electron chi connectivity index (χ0n) is 11.7. The molecule has 0 aromatic heterocycles. The molecule has 0 saturated carbocycles. The van der Waals surface area contributed by atoms with Gasteiger partial charge < -0.3 is 10.6 Å². The Labute approximate surface area is 122 Å². The van der Waals surface area contributed by atoms with Gasteiger partial charge in [0.05, 0.1) is 0 Å². The van der Waals surface area contributed by atoms with Crippen LogP contribution in [0.4, 0.5) is 9.18 Å². The molecule has 1 aromatic rings. The normalized spacial score (nSPS) is 22.6. The summed E-state index contributed by atoms with van der Waals surface area (Å²) in [5.41, 5.74) is 5.58. The van der Waals surface area contributed by atoms with Gasteiger partial charge in [0.15, 0.2) is 0 Å². The summed E-state index contributed by atoms with van der Waals surface area (Å²) in [7, 11) is 0. The van der Waals surface area contributed by atoms with E-state index >= 15 is 0 Å². The molecule has 20 heavy (non-hydrogen) atoms. The molecule has 1 aliphatic rings. The lowest BCUT2D eigenvalue weighted by Gasteiger charge is -2.36. The summed E-state index contributed by atoms with van der Waals surface area (Å²) in [4.78, 5) is 17.4. The van der Waals surface area contributed by atoms with Crippen molar-refractivity contribution in [2.24, 2.45) is 16.6 Å². The van der Waals surface area contributed by atoms with Crippen LogP contribution in [0.15, 0.2) is 23.2 Å². The fourth-order valence-electron chi connectivity index (χ4n) is 2.40. The molecule has 2 rings (SSSR count). The average Bonchev–Trinajstić information content (AvgIpc) is 2.53. The van der Waals surface area contributed by atoms with Crippen LogP contribution in [0.2, 0.25) is 5.02 Å². The number of amidine groups is 1. The minimum Gasteiger partial charge on any atom is -0.385 e. The number of aliphatic imine (C=N–C) groups is 1. The van der Waals surface area contributed by atoms with Gasteiger partial charge in [-0.2, -0.15) is 4.99 Å². The minimum atomic E-state index is -0.938. The third kappa shape index (κ3) is 2.26. The maximum absolute atomic E-state index is 13.2. The highest BCUT2D eigenvalue weighted by Crippen LogP contribution is 2.38. The van der Waals surface area contributed by atoms with Crippen LogP contribution >= 0.6 is 11.6 Å². The number of carbonyl (C=O) groups excluding carboxylic acids is 1. The Morgan fingerprint density at radius 3 is 2.70 bits per heavy atom. The van der Waals surface area contributed by atoms with Gasteiger partial charge in [-0.15, -0.1) is 0 Å². The highest BCUT2D eigenvalue weighted by atomic mass is 35.5. The Morgan fingerprint density at radius 1 is 1.50 bits per heavy atom. The molecule has 0 bridgehead atoms. The predicted octanol–water partition coefficient (Wildman–Crippen LogP) is 3.14. The van der Waals surface area contributed by atoms with Crippen molar-refractivity contribution in [1.29, 1.82) is 0 Å². The Kier molecular flexibility index (Phi) is 3.73. The van der Waals surface area contributed by atoms with E-state index in [1.165, 1.54) is 12.1 Å². The van der Waals surface area contributed by atoms with Crippen molar-refractivity contribution in [3.63, 3.8) is 0 Å². The molecule has 0 spiro atoms. The quantitative estimate of drug-likeness (QED) is 0.931. The largest absolute Gasteiger partial charge is 0.385 e. The lowest BCUT2D eigenvalue weighted by Crippen LogP contribution is -2.50. The number of benzene rings is 1. The number of hydrogen-bond donors (Lipinski definition) is 1. The van der Waals surface area contributed by atoms with E-state index in [4.69, 9.17) is 17.3 Å². The van der Waals surface area contributed by atoms with Crippen molar-refractivity contribution in [2.45, 2.75) is 26.3 Å². The maximum atomic E-state index is 13.2. The van der Waals surface area contributed by atoms with Crippen molar-refractivity contribution in [3.8, 4) is 0 Å². The molecule has 1 aromatic carbocycles. The first-order valence-corrected chi connectivity index (χ1v) is 6.76. The molecule has 2 N–H and O–H groups in total. The van der Waals surface area contributed by atoms with Crippen LogP contribution in [0.1, 0.15) is 26.3 Å². The molecule has 0 aliphatic carbocycles. The van der Waals surface area contributed by atoms with Crippen LogP contribution in [-0.2, 0) is 5.54 Å². The molecule has 6 heteroatoms. The second-order valence-corrected chi connectivity index (χ2v) is 5.89. The maximum Gasteiger partial charge on any atom is 0.346 e. The number of halogens is 2. The van der Waals surface area contributed by atoms with Crippen molar-refractivity contribution < 1.29 is 9.18 Å². The zero-order valence-corrected chi connectivity index (χ0v) is 12.4. The number of nitrogens with zero attached hydrogens (tertiary/aromatic N) is 2. The minimum absolute atomic E-state index is 0.177. The van der Waals surface area contributed by atoms with Crippen LogP contribution in [-0.4, -0.2) is 23.3 Å². The zero-order chi connectivity index (χ0) is 15.1. The summed E-state index contributed by atoms with van der Waals surface area (Å²) in [5, 5.41) is 0.231. The SMILES string of the molecule is CC(C)CN1C(=O)N=C(N)C1(C)c1ccc(F)cc1Cl. The van der Waals surface area contributed by atoms with Crippen LogP contribution in [0.5, 0.6) is 0 Å². The second-order valence-electron chi connectivity index (χ2n) is 5.48. The molecule has 1 unspecified atom stereocenters. The van der Waals surface area contributed by atoms with E-state index < -0.39 is 11.4 Å². The molecule has 2 amide bonds. The van der Waals surface area contributed by atoms with Crippen LogP contribution in [0.25, 0.3) is 0 Å². The van der Waals surface area contributed by atoms with Gasteiger partial charge in [0.2, 0.25) is 0 Å². The fourth-order valence-corrected chi connectivity index (χ4v) is 2.75. The lowest BCUT2D eigenvalue weighted by atomic mass is 9.89. The number of hydrogen-bond acceptors (Lipinski definition) is 2. The Morgan fingerprint density at radius 2 is 2.15 bits per heavy atom. The topological polar surface area (TPSA) is 58.7 Å². The smallest absolute Gasteiger partial charge is 0.346 e. The monoisotopic (exact) mass is 297 g/mol. The lowest BCUT2D eigenvalue weighted by molar-refractivity contribution is 0.168. The molecule has 4 nitrogen and oxygen atoms in total. The van der Waals surface area contributed by atoms with Gasteiger partial charge in [-0.1, -0.05) is 31.5 Å². The van der Waals surface area contributed by atoms with Crippen LogP contribution < -0.4 is 5.73 Å². The van der Waals surface area contributed by atoms with Crippen molar-refractivity contribution in [2.75, 3.05) is 6.54 Å². The molecule has 0 fully saturated rings. The van der Waals surface area contributed by atoms with Gasteiger partial charge in [-0.3, -0.25) is 0 Å². The third-order valence-electron chi connectivity index (χ3n) is 3.49. The van der Waals surface area contributed by atoms with Gasteiger partial charge in [-0.25, -0.2) is 9.18 Å². The Balaban J connectivity index is 2.54. The molecule has 1 heterocycles. The van der Waals surface area contributed by atoms with E-state index in [2.05, 4.69) is 4.99 Å². The van der Waals surface area contributed by atoms with Gasteiger partial charge in [0, 0.05) is 17.1 Å². The summed E-state index contributed by atoms with van der Waals surface area (Å²) < 4.78 is 13.2. The van der Waals surface area contributed by atoms with Crippen LogP contribution in [0, 0.1) is 11.7 Å². The number of urea groups is 1. The summed E-state index contributed by atoms with van der Waals surface area (Å²) >= 11 is 6.13. The summed E-state index contributed by atoms with van der Waals surface area (Å²) in [6.45, 7) is 6.26. The Hall–Kier alpha value is -1.62. The molecule has 108 valence electrons. The summed E-state index contributed by atoms with van der Waals surface area (Å²) in [6.07, 6.45) is 0. The average molecular weight is 298 g/mol. The first-order valence-electron chi connectivity index (χ1n) is 6.38. The summed E-state index contributed by atoms with van der Waals surface area (Å²) in [6, 6.07) is 3.67. The highest BCUT2D eigenvalue weighted by molar-refractivity contribution is 6.32. The third-order valence-corrected chi connectivity index (χ3v) is 3.80. The van der Waals surface area contributed by atoms with E-state index in [1.54, 1.807) is 17.9 Å². The van der Waals surface area contributed by atoms with Gasteiger partial charge in [-0.05, 0) is 25.0 Å². The number of amides is 2. The molecule has 0 radical (unpaired) electrons. The van der Waals surface area contributed by atoms with Crippen molar-refractivity contribution in [1.82, 2.24) is 4.90 Å². The van der Waals surface area contributed by atoms with Crippen LogP contribution in [0.3, 0.4) is 0 Å². The number of carbonyl (C=O) groups is 1. The Bertz CT molecular complexity index is 588. The molecule has 1 aliphatic heterocycles. The van der Waals surface area contributed by atoms with E-state index in [-0.39, 0.29) is 22.8 Å². The highest BCUT2D eigenvalue weighted by Gasteiger charge is 2.47. The molecular weight excluding hydrogens is 281 g/mol. The molecule has 1 atom stereocenters. The standard InChI is InChI=1S/C14H17ClFN3O/c1-8(2)7-19-13(20)18-12(17)14(19,3)10-5-4-9(16)6-11(10)15/h4-6,8H,7H2,1-3H3,(H2,17,18,20). The van der Waals surface area contributed by atoms with E-state index in [0.717, 1.165) is 0 Å². The molecule has 0 saturated heterocycles. The van der Waals surface area contributed by atoms with Crippen molar-refractivity contribution >= 4 is 23.5 Å². The fraction of sp³-hybridized carbons (Fsp3) is 0.429. The van der Waals surface area contributed by atoms with E-state index in [0.29, 0.717) is 12.1 Å². The van der Waals surface area contributed by atoms with Gasteiger partial charge in [0.1, 0.15) is 17.2 Å². The molecular formula is C14H17ClFN3O. The number of nitrogens with two attached hydrogens (primary N) is 1. The number of rotatable bonds is 3. The second kappa shape index (κ2) is 5.05. The summed E-state index contributed by atoms with van der Waals surface area (Å²) in [5.74, 6) is -0.00662. The van der Waals surface area contributed by atoms with Gasteiger partial charge >= 0.3 is 6.03 Å². The first kappa shape index (κ1) is 14.8. The van der Waals surface area contributed by atoms with Crippen molar-refractivity contribution in [3.05, 3.63) is 34.6 Å². The van der Waals surface area contributed by atoms with E-state index in [1.807, 2.05) is 13.8 Å². The first-order chi connectivity index (χ1) is 9.26. The van der Waals surface area contributed by atoms with E-state index in [9.17, 15) is 9.18 Å². The van der Waals surface area contributed by atoms with Gasteiger partial charge in [0.25, 0.3) is 0 Å². The predicted molar refractivity (Wildman–Crippen MR) is 77.3 cm³/mol.